The molecule has 0 bridgehead atoms. The Kier molecular flexibility index (Phi) is 3.57. The van der Waals surface area contributed by atoms with Gasteiger partial charge >= 0.3 is 6.03 Å². The first-order valence-corrected chi connectivity index (χ1v) is 6.35. The lowest BCUT2D eigenvalue weighted by Crippen LogP contribution is -2.36. The zero-order valence-corrected chi connectivity index (χ0v) is 11.1. The maximum absolute atomic E-state index is 12.1. The average Bonchev–Trinajstić information content (AvgIpc) is 2.73. The monoisotopic (exact) mass is 247 g/mol. The van der Waals surface area contributed by atoms with E-state index in [1.807, 2.05) is 36.1 Å². The van der Waals surface area contributed by atoms with Crippen LogP contribution in [0.4, 0.5) is 10.5 Å². The Balaban J connectivity index is 1.97. The molecular formula is C14H21N3O. The molecule has 0 saturated carbocycles. The minimum atomic E-state index is -0.0298. The Hall–Kier alpha value is -1.55. The number of benzene rings is 1. The summed E-state index contributed by atoms with van der Waals surface area (Å²) in [4.78, 5) is 13.9. The maximum Gasteiger partial charge on any atom is 0.321 e. The van der Waals surface area contributed by atoms with Gasteiger partial charge in [0.15, 0.2) is 0 Å². The van der Waals surface area contributed by atoms with E-state index in [9.17, 15) is 4.79 Å². The predicted octanol–water partition coefficient (Wildman–Crippen LogP) is 2.20. The van der Waals surface area contributed by atoms with E-state index in [0.29, 0.717) is 6.54 Å². The molecule has 1 saturated heterocycles. The van der Waals surface area contributed by atoms with Crippen LogP contribution in [-0.2, 0) is 0 Å². The topological polar surface area (TPSA) is 58.4 Å². The van der Waals surface area contributed by atoms with Gasteiger partial charge in [0.25, 0.3) is 0 Å². The number of rotatable bonds is 2. The highest BCUT2D eigenvalue weighted by molar-refractivity contribution is 5.89. The van der Waals surface area contributed by atoms with Gasteiger partial charge in [-0.05, 0) is 43.0 Å². The molecule has 0 radical (unpaired) electrons. The van der Waals surface area contributed by atoms with Gasteiger partial charge in [0.05, 0.1) is 0 Å². The van der Waals surface area contributed by atoms with E-state index in [-0.39, 0.29) is 11.4 Å². The van der Waals surface area contributed by atoms with Crippen molar-refractivity contribution < 1.29 is 4.79 Å². The SMILES string of the molecule is Cc1cccc(NC(=O)N2CCC(C)(CN)C2)c1. The van der Waals surface area contributed by atoms with Crippen LogP contribution in [-0.4, -0.2) is 30.6 Å². The van der Waals surface area contributed by atoms with Crippen LogP contribution in [0.25, 0.3) is 0 Å². The van der Waals surface area contributed by atoms with Crippen LogP contribution in [0, 0.1) is 12.3 Å². The molecule has 1 fully saturated rings. The molecule has 3 N–H and O–H groups in total. The van der Waals surface area contributed by atoms with Crippen molar-refractivity contribution in [1.82, 2.24) is 4.90 Å². The van der Waals surface area contributed by atoms with E-state index < -0.39 is 0 Å². The van der Waals surface area contributed by atoms with E-state index >= 15 is 0 Å². The van der Waals surface area contributed by atoms with Crippen LogP contribution in [0.5, 0.6) is 0 Å². The Labute approximate surface area is 108 Å². The predicted molar refractivity (Wildman–Crippen MR) is 73.5 cm³/mol. The van der Waals surface area contributed by atoms with Crippen molar-refractivity contribution in [3.8, 4) is 0 Å². The number of anilines is 1. The van der Waals surface area contributed by atoms with Gasteiger partial charge < -0.3 is 16.0 Å². The summed E-state index contributed by atoms with van der Waals surface area (Å²) < 4.78 is 0. The van der Waals surface area contributed by atoms with Crippen molar-refractivity contribution >= 4 is 11.7 Å². The zero-order valence-electron chi connectivity index (χ0n) is 11.1. The Morgan fingerprint density at radius 2 is 2.33 bits per heavy atom. The second-order valence-electron chi connectivity index (χ2n) is 5.49. The number of hydrogen-bond acceptors (Lipinski definition) is 2. The van der Waals surface area contributed by atoms with Gasteiger partial charge in [-0.3, -0.25) is 0 Å². The van der Waals surface area contributed by atoms with Crippen molar-refractivity contribution in [3.05, 3.63) is 29.8 Å². The molecule has 18 heavy (non-hydrogen) atoms. The first-order valence-electron chi connectivity index (χ1n) is 6.35. The Morgan fingerprint density at radius 3 is 2.94 bits per heavy atom. The lowest BCUT2D eigenvalue weighted by Gasteiger charge is -2.22. The van der Waals surface area contributed by atoms with E-state index in [1.54, 1.807) is 0 Å². The first kappa shape index (κ1) is 12.9. The quantitative estimate of drug-likeness (QED) is 0.841. The van der Waals surface area contributed by atoms with Gasteiger partial charge in [-0.1, -0.05) is 19.1 Å². The molecule has 2 amide bonds. The van der Waals surface area contributed by atoms with E-state index in [0.717, 1.165) is 30.8 Å². The molecule has 2 rings (SSSR count). The third-order valence-electron chi connectivity index (χ3n) is 3.61. The zero-order chi connectivity index (χ0) is 13.2. The molecule has 0 aliphatic carbocycles. The second kappa shape index (κ2) is 4.98. The molecule has 1 heterocycles. The fourth-order valence-corrected chi connectivity index (χ4v) is 2.29. The number of aryl methyl sites for hydroxylation is 1. The lowest BCUT2D eigenvalue weighted by atomic mass is 9.90. The molecule has 1 atom stereocenters. The highest BCUT2D eigenvalue weighted by Gasteiger charge is 2.34. The average molecular weight is 247 g/mol. The molecule has 1 aromatic rings. The number of carbonyl (C=O) groups is 1. The van der Waals surface area contributed by atoms with Crippen LogP contribution in [0.3, 0.4) is 0 Å². The molecule has 1 aliphatic rings. The molecule has 4 heteroatoms. The van der Waals surface area contributed by atoms with Gasteiger partial charge in [0.2, 0.25) is 0 Å². The summed E-state index contributed by atoms with van der Waals surface area (Å²) in [6.45, 7) is 6.29. The normalized spacial score (nSPS) is 23.2. The summed E-state index contributed by atoms with van der Waals surface area (Å²) in [6.07, 6.45) is 0.977. The number of amides is 2. The maximum atomic E-state index is 12.1. The standard InChI is InChI=1S/C14H21N3O/c1-11-4-3-5-12(8-11)16-13(18)17-7-6-14(2,9-15)10-17/h3-5,8H,6-7,9-10,15H2,1-2H3,(H,16,18). The van der Waals surface area contributed by atoms with Crippen LogP contribution in [0.2, 0.25) is 0 Å². The van der Waals surface area contributed by atoms with Crippen LogP contribution >= 0.6 is 0 Å². The first-order chi connectivity index (χ1) is 8.52. The summed E-state index contributed by atoms with van der Waals surface area (Å²) >= 11 is 0. The fraction of sp³-hybridized carbons (Fsp3) is 0.500. The van der Waals surface area contributed by atoms with Crippen LogP contribution < -0.4 is 11.1 Å². The second-order valence-corrected chi connectivity index (χ2v) is 5.49. The highest BCUT2D eigenvalue weighted by atomic mass is 16.2. The highest BCUT2D eigenvalue weighted by Crippen LogP contribution is 2.28. The molecule has 98 valence electrons. The summed E-state index contributed by atoms with van der Waals surface area (Å²) in [5, 5.41) is 2.93. The third kappa shape index (κ3) is 2.82. The number of likely N-dealkylation sites (tertiary alicyclic amines) is 1. The number of carbonyl (C=O) groups excluding carboxylic acids is 1. The largest absolute Gasteiger partial charge is 0.330 e. The molecule has 0 spiro atoms. The number of nitrogens with zero attached hydrogens (tertiary/aromatic N) is 1. The molecule has 0 aromatic heterocycles. The third-order valence-corrected chi connectivity index (χ3v) is 3.61. The van der Waals surface area contributed by atoms with Crippen LogP contribution in [0.15, 0.2) is 24.3 Å². The summed E-state index contributed by atoms with van der Waals surface area (Å²) in [6, 6.07) is 7.80. The van der Waals surface area contributed by atoms with Crippen molar-refractivity contribution in [2.24, 2.45) is 11.1 Å². The number of hydrogen-bond donors (Lipinski definition) is 2. The van der Waals surface area contributed by atoms with Crippen molar-refractivity contribution in [2.45, 2.75) is 20.3 Å². The van der Waals surface area contributed by atoms with Gasteiger partial charge in [-0.2, -0.15) is 0 Å². The summed E-state index contributed by atoms with van der Waals surface area (Å²) in [5.41, 5.74) is 7.81. The molecule has 1 aromatic carbocycles. The van der Waals surface area contributed by atoms with E-state index in [2.05, 4.69) is 12.2 Å². The lowest BCUT2D eigenvalue weighted by molar-refractivity contribution is 0.216. The molecular weight excluding hydrogens is 226 g/mol. The minimum Gasteiger partial charge on any atom is -0.330 e. The minimum absolute atomic E-state index is 0.0298. The Bertz CT molecular complexity index is 446. The molecule has 1 aliphatic heterocycles. The van der Waals surface area contributed by atoms with Crippen molar-refractivity contribution in [1.29, 1.82) is 0 Å². The number of nitrogens with two attached hydrogens (primary N) is 1. The van der Waals surface area contributed by atoms with Crippen molar-refractivity contribution in [2.75, 3.05) is 25.0 Å². The van der Waals surface area contributed by atoms with Crippen molar-refractivity contribution in [3.63, 3.8) is 0 Å². The van der Waals surface area contributed by atoms with Gasteiger partial charge in [-0.15, -0.1) is 0 Å². The van der Waals surface area contributed by atoms with E-state index in [4.69, 9.17) is 5.73 Å². The fourth-order valence-electron chi connectivity index (χ4n) is 2.29. The Morgan fingerprint density at radius 1 is 1.56 bits per heavy atom. The summed E-state index contributed by atoms with van der Waals surface area (Å²) in [5.74, 6) is 0. The number of nitrogens with one attached hydrogen (secondary N) is 1. The molecule has 4 nitrogen and oxygen atoms in total. The smallest absolute Gasteiger partial charge is 0.321 e. The van der Waals surface area contributed by atoms with Gasteiger partial charge in [0.1, 0.15) is 0 Å². The van der Waals surface area contributed by atoms with Gasteiger partial charge in [-0.25, -0.2) is 4.79 Å². The molecule has 1 unspecified atom stereocenters. The number of urea groups is 1. The summed E-state index contributed by atoms with van der Waals surface area (Å²) in [7, 11) is 0. The van der Waals surface area contributed by atoms with E-state index in [1.165, 1.54) is 0 Å². The van der Waals surface area contributed by atoms with Crippen LogP contribution in [0.1, 0.15) is 18.9 Å². The van der Waals surface area contributed by atoms with Gasteiger partial charge in [0, 0.05) is 18.8 Å².